The van der Waals surface area contributed by atoms with Crippen molar-refractivity contribution in [1.29, 1.82) is 0 Å². The maximum absolute atomic E-state index is 11.8. The third-order valence-electron chi connectivity index (χ3n) is 5.03. The number of carbonyl (C=O) groups is 1. The van der Waals surface area contributed by atoms with E-state index in [-0.39, 0.29) is 5.91 Å². The van der Waals surface area contributed by atoms with Gasteiger partial charge < -0.3 is 14.5 Å². The zero-order valence-electron chi connectivity index (χ0n) is 12.8. The summed E-state index contributed by atoms with van der Waals surface area (Å²) in [6.07, 6.45) is 2.48. The number of likely N-dealkylation sites (N-methyl/N-ethyl adjacent to an activating group) is 1. The van der Waals surface area contributed by atoms with Gasteiger partial charge in [0, 0.05) is 52.3 Å². The smallest absolute Gasteiger partial charge is 0.236 e. The van der Waals surface area contributed by atoms with Gasteiger partial charge in [-0.25, -0.2) is 0 Å². The molecule has 0 N–H and O–H groups in total. The lowest BCUT2D eigenvalue weighted by Crippen LogP contribution is -2.58. The van der Waals surface area contributed by atoms with E-state index in [0.717, 1.165) is 32.2 Å². The molecule has 3 saturated heterocycles. The first-order chi connectivity index (χ1) is 9.56. The van der Waals surface area contributed by atoms with Crippen molar-refractivity contribution in [2.45, 2.75) is 12.8 Å². The van der Waals surface area contributed by atoms with E-state index in [2.05, 4.69) is 9.80 Å². The Morgan fingerprint density at radius 1 is 1.30 bits per heavy atom. The molecular weight excluding hydrogens is 254 g/mol. The van der Waals surface area contributed by atoms with Gasteiger partial charge in [-0.05, 0) is 25.3 Å². The average Bonchev–Trinajstić information content (AvgIpc) is 2.98. The van der Waals surface area contributed by atoms with Crippen LogP contribution in [-0.2, 0) is 9.53 Å². The molecule has 0 aromatic heterocycles. The number of amides is 1. The Labute approximate surface area is 121 Å². The molecule has 3 heterocycles. The summed E-state index contributed by atoms with van der Waals surface area (Å²) < 4.78 is 5.45. The standard InChI is InChI=1S/C15H27N3O2/c1-16(2)14(19)8-17-5-4-15(10-17)11-18(12-15)7-13-3-6-20-9-13/h13H,3-12H2,1-2H3. The molecule has 0 radical (unpaired) electrons. The Bertz CT molecular complexity index is 360. The number of ether oxygens (including phenoxy) is 1. The lowest BCUT2D eigenvalue weighted by molar-refractivity contribution is -0.129. The molecule has 0 bridgehead atoms. The van der Waals surface area contributed by atoms with E-state index in [4.69, 9.17) is 4.74 Å². The highest BCUT2D eigenvalue weighted by Gasteiger charge is 2.47. The summed E-state index contributed by atoms with van der Waals surface area (Å²) in [5.74, 6) is 0.974. The van der Waals surface area contributed by atoms with Crippen LogP contribution in [0, 0.1) is 11.3 Å². The molecule has 1 atom stereocenters. The van der Waals surface area contributed by atoms with Crippen molar-refractivity contribution in [1.82, 2.24) is 14.7 Å². The van der Waals surface area contributed by atoms with Crippen LogP contribution in [0.5, 0.6) is 0 Å². The number of rotatable bonds is 4. The fraction of sp³-hybridized carbons (Fsp3) is 0.933. The molecule has 1 amide bonds. The second-order valence-electron chi connectivity index (χ2n) is 7.15. The number of hydrogen-bond acceptors (Lipinski definition) is 4. The monoisotopic (exact) mass is 281 g/mol. The number of carbonyl (C=O) groups excluding carboxylic acids is 1. The van der Waals surface area contributed by atoms with Gasteiger partial charge in [-0.15, -0.1) is 0 Å². The predicted octanol–water partition coefficient (Wildman–Crippen LogP) is 0.119. The molecule has 0 aromatic rings. The first kappa shape index (κ1) is 14.3. The molecule has 0 aromatic carbocycles. The van der Waals surface area contributed by atoms with E-state index in [1.807, 2.05) is 14.1 Å². The van der Waals surface area contributed by atoms with E-state index in [9.17, 15) is 4.79 Å². The van der Waals surface area contributed by atoms with Gasteiger partial charge in [-0.3, -0.25) is 9.69 Å². The molecule has 3 fully saturated rings. The molecule has 0 aliphatic carbocycles. The molecule has 3 aliphatic heterocycles. The van der Waals surface area contributed by atoms with E-state index >= 15 is 0 Å². The maximum atomic E-state index is 11.8. The summed E-state index contributed by atoms with van der Waals surface area (Å²) in [6.45, 7) is 8.32. The van der Waals surface area contributed by atoms with Crippen LogP contribution in [-0.4, -0.2) is 87.2 Å². The lowest BCUT2D eigenvalue weighted by Gasteiger charge is -2.49. The highest BCUT2D eigenvalue weighted by Crippen LogP contribution is 2.40. The fourth-order valence-electron chi connectivity index (χ4n) is 3.88. The zero-order chi connectivity index (χ0) is 14.2. The minimum atomic E-state index is 0.223. The normalized spacial score (nSPS) is 29.8. The van der Waals surface area contributed by atoms with Crippen LogP contribution in [0.3, 0.4) is 0 Å². The molecule has 0 saturated carbocycles. The van der Waals surface area contributed by atoms with E-state index < -0.39 is 0 Å². The number of nitrogens with zero attached hydrogens (tertiary/aromatic N) is 3. The number of likely N-dealkylation sites (tertiary alicyclic amines) is 2. The quantitative estimate of drug-likeness (QED) is 0.733. The summed E-state index contributed by atoms with van der Waals surface area (Å²) in [5.41, 5.74) is 0.478. The second kappa shape index (κ2) is 5.62. The topological polar surface area (TPSA) is 36.0 Å². The minimum absolute atomic E-state index is 0.223. The summed E-state index contributed by atoms with van der Waals surface area (Å²) >= 11 is 0. The first-order valence-corrected chi connectivity index (χ1v) is 7.79. The van der Waals surface area contributed by atoms with Crippen molar-refractivity contribution in [3.63, 3.8) is 0 Å². The minimum Gasteiger partial charge on any atom is -0.381 e. The summed E-state index contributed by atoms with van der Waals surface area (Å²) in [7, 11) is 3.67. The molecule has 3 aliphatic rings. The Morgan fingerprint density at radius 2 is 2.05 bits per heavy atom. The van der Waals surface area contributed by atoms with Crippen LogP contribution in [0.2, 0.25) is 0 Å². The molecular formula is C15H27N3O2. The maximum Gasteiger partial charge on any atom is 0.236 e. The van der Waals surface area contributed by atoms with Gasteiger partial charge in [0.1, 0.15) is 0 Å². The zero-order valence-corrected chi connectivity index (χ0v) is 12.8. The molecule has 1 spiro atoms. The van der Waals surface area contributed by atoms with E-state index in [1.54, 1.807) is 4.90 Å². The largest absolute Gasteiger partial charge is 0.381 e. The average molecular weight is 281 g/mol. The van der Waals surface area contributed by atoms with Crippen molar-refractivity contribution in [3.8, 4) is 0 Å². The summed E-state index contributed by atoms with van der Waals surface area (Å²) in [5, 5.41) is 0. The predicted molar refractivity (Wildman–Crippen MR) is 77.6 cm³/mol. The Balaban J connectivity index is 1.41. The summed E-state index contributed by atoms with van der Waals surface area (Å²) in [6, 6.07) is 0. The first-order valence-electron chi connectivity index (χ1n) is 7.79. The Kier molecular flexibility index (Phi) is 4.02. The van der Waals surface area contributed by atoms with Crippen molar-refractivity contribution in [3.05, 3.63) is 0 Å². The van der Waals surface area contributed by atoms with Gasteiger partial charge >= 0.3 is 0 Å². The van der Waals surface area contributed by atoms with Crippen LogP contribution < -0.4 is 0 Å². The SMILES string of the molecule is CN(C)C(=O)CN1CCC2(C1)CN(CC1CCOC1)C2. The van der Waals surface area contributed by atoms with Crippen LogP contribution in [0.1, 0.15) is 12.8 Å². The lowest BCUT2D eigenvalue weighted by atomic mass is 9.78. The summed E-state index contributed by atoms with van der Waals surface area (Å²) in [4.78, 5) is 18.4. The molecule has 5 nitrogen and oxygen atoms in total. The highest BCUT2D eigenvalue weighted by atomic mass is 16.5. The fourth-order valence-corrected chi connectivity index (χ4v) is 3.88. The van der Waals surface area contributed by atoms with Crippen molar-refractivity contribution in [2.75, 3.05) is 66.6 Å². The third kappa shape index (κ3) is 3.00. The van der Waals surface area contributed by atoms with Crippen LogP contribution in [0.4, 0.5) is 0 Å². The molecule has 20 heavy (non-hydrogen) atoms. The molecule has 3 rings (SSSR count). The van der Waals surface area contributed by atoms with E-state index in [0.29, 0.717) is 12.0 Å². The van der Waals surface area contributed by atoms with Crippen LogP contribution >= 0.6 is 0 Å². The van der Waals surface area contributed by atoms with Gasteiger partial charge in [0.15, 0.2) is 0 Å². The van der Waals surface area contributed by atoms with Crippen LogP contribution in [0.15, 0.2) is 0 Å². The van der Waals surface area contributed by atoms with Crippen LogP contribution in [0.25, 0.3) is 0 Å². The Hall–Kier alpha value is -0.650. The van der Waals surface area contributed by atoms with Gasteiger partial charge in [0.2, 0.25) is 5.91 Å². The molecule has 114 valence electrons. The van der Waals surface area contributed by atoms with Gasteiger partial charge in [0.05, 0.1) is 13.2 Å². The highest BCUT2D eigenvalue weighted by molar-refractivity contribution is 5.77. The van der Waals surface area contributed by atoms with Crippen molar-refractivity contribution in [2.24, 2.45) is 11.3 Å². The van der Waals surface area contributed by atoms with Gasteiger partial charge in [-0.1, -0.05) is 0 Å². The molecule has 1 unspecified atom stereocenters. The second-order valence-corrected chi connectivity index (χ2v) is 7.15. The van der Waals surface area contributed by atoms with Gasteiger partial charge in [-0.2, -0.15) is 0 Å². The Morgan fingerprint density at radius 3 is 2.70 bits per heavy atom. The van der Waals surface area contributed by atoms with Crippen molar-refractivity contribution < 1.29 is 9.53 Å². The van der Waals surface area contributed by atoms with Gasteiger partial charge in [0.25, 0.3) is 0 Å². The third-order valence-corrected chi connectivity index (χ3v) is 5.03. The number of hydrogen-bond donors (Lipinski definition) is 0. The van der Waals surface area contributed by atoms with E-state index in [1.165, 1.54) is 32.5 Å². The van der Waals surface area contributed by atoms with Crippen molar-refractivity contribution >= 4 is 5.91 Å². The molecule has 5 heteroatoms.